The van der Waals surface area contributed by atoms with E-state index in [1.165, 1.54) is 23.5 Å². The topological polar surface area (TPSA) is 54.9 Å². The molecule has 3 aromatic rings. The van der Waals surface area contributed by atoms with E-state index < -0.39 is 11.7 Å². The van der Waals surface area contributed by atoms with Gasteiger partial charge in [-0.05, 0) is 42.8 Å². The van der Waals surface area contributed by atoms with Gasteiger partial charge in [0.05, 0.1) is 36.1 Å². The van der Waals surface area contributed by atoms with E-state index in [4.69, 9.17) is 9.47 Å². The van der Waals surface area contributed by atoms with Gasteiger partial charge in [-0.3, -0.25) is 14.6 Å². The van der Waals surface area contributed by atoms with Crippen LogP contribution in [0.2, 0.25) is 0 Å². The molecule has 6 nitrogen and oxygen atoms in total. The van der Waals surface area contributed by atoms with Gasteiger partial charge in [-0.25, -0.2) is 4.98 Å². The molecule has 0 bridgehead atoms. The number of thiazole rings is 1. The Morgan fingerprint density at radius 1 is 1.18 bits per heavy atom. The van der Waals surface area contributed by atoms with Gasteiger partial charge in [-0.2, -0.15) is 13.2 Å². The van der Waals surface area contributed by atoms with E-state index in [1.807, 2.05) is 12.1 Å². The van der Waals surface area contributed by atoms with Crippen molar-refractivity contribution in [2.24, 2.45) is 0 Å². The zero-order valence-corrected chi connectivity index (χ0v) is 18.9. The number of carbonyl (C=O) groups excluding carboxylic acids is 1. The molecule has 1 aliphatic rings. The van der Waals surface area contributed by atoms with E-state index >= 15 is 0 Å². The molecule has 1 fully saturated rings. The molecular formula is C23H24F3N3O3S. The van der Waals surface area contributed by atoms with E-state index in [9.17, 15) is 18.0 Å². The molecule has 0 N–H and O–H groups in total. The Balaban J connectivity index is 1.58. The third-order valence-corrected chi connectivity index (χ3v) is 6.54. The van der Waals surface area contributed by atoms with Crippen molar-refractivity contribution in [3.05, 3.63) is 53.6 Å². The monoisotopic (exact) mass is 479 g/mol. The predicted molar refractivity (Wildman–Crippen MR) is 121 cm³/mol. The highest BCUT2D eigenvalue weighted by molar-refractivity contribution is 7.22. The average molecular weight is 480 g/mol. The van der Waals surface area contributed by atoms with E-state index in [0.29, 0.717) is 42.6 Å². The van der Waals surface area contributed by atoms with E-state index in [-0.39, 0.29) is 11.5 Å². The molecule has 1 saturated heterocycles. The summed E-state index contributed by atoms with van der Waals surface area (Å²) in [6, 6.07) is 9.80. The van der Waals surface area contributed by atoms with Crippen LogP contribution in [0.5, 0.6) is 5.75 Å². The Kier molecular flexibility index (Phi) is 7.16. The van der Waals surface area contributed by atoms with Gasteiger partial charge in [0.1, 0.15) is 5.75 Å². The first-order valence-corrected chi connectivity index (χ1v) is 11.4. The van der Waals surface area contributed by atoms with Gasteiger partial charge in [0, 0.05) is 37.8 Å². The highest BCUT2D eigenvalue weighted by Gasteiger charge is 2.31. The van der Waals surface area contributed by atoms with Gasteiger partial charge < -0.3 is 9.47 Å². The molecular weight excluding hydrogens is 455 g/mol. The van der Waals surface area contributed by atoms with Crippen LogP contribution < -0.4 is 9.64 Å². The fourth-order valence-corrected chi connectivity index (χ4v) is 4.63. The van der Waals surface area contributed by atoms with Gasteiger partial charge in [-0.15, -0.1) is 0 Å². The largest absolute Gasteiger partial charge is 0.497 e. The number of alkyl halides is 3. The Bertz CT molecular complexity index is 1100. The summed E-state index contributed by atoms with van der Waals surface area (Å²) in [4.78, 5) is 21.8. The number of methoxy groups -OCH3 is 1. The highest BCUT2D eigenvalue weighted by atomic mass is 32.1. The summed E-state index contributed by atoms with van der Waals surface area (Å²) >= 11 is 1.37. The SMILES string of the molecule is COc1ccc2sc(N(CCCN3CCOCC3)C(=O)c3ccc(C(F)(F)F)cc3)nc2c1. The number of carbonyl (C=O) groups is 1. The maximum absolute atomic E-state index is 13.3. The molecule has 33 heavy (non-hydrogen) atoms. The van der Waals surface area contributed by atoms with E-state index in [1.54, 1.807) is 18.1 Å². The highest BCUT2D eigenvalue weighted by Crippen LogP contribution is 2.33. The summed E-state index contributed by atoms with van der Waals surface area (Å²) in [5, 5.41) is 0.505. The summed E-state index contributed by atoms with van der Waals surface area (Å²) in [5.41, 5.74) is 0.101. The van der Waals surface area contributed by atoms with Crippen molar-refractivity contribution in [1.29, 1.82) is 0 Å². The zero-order chi connectivity index (χ0) is 23.4. The first kappa shape index (κ1) is 23.5. The molecule has 176 valence electrons. The molecule has 0 unspecified atom stereocenters. The number of aromatic nitrogens is 1. The molecule has 1 aliphatic heterocycles. The summed E-state index contributed by atoms with van der Waals surface area (Å²) < 4.78 is 50.3. The molecule has 0 spiro atoms. The number of fused-ring (bicyclic) bond motifs is 1. The maximum Gasteiger partial charge on any atom is 0.416 e. The van der Waals surface area contributed by atoms with Crippen LogP contribution in [-0.4, -0.2) is 62.3 Å². The molecule has 0 aliphatic carbocycles. The number of hydrogen-bond donors (Lipinski definition) is 0. The minimum atomic E-state index is -4.45. The lowest BCUT2D eigenvalue weighted by Crippen LogP contribution is -2.39. The Labute approximate surface area is 193 Å². The first-order chi connectivity index (χ1) is 15.8. The smallest absolute Gasteiger partial charge is 0.416 e. The van der Waals surface area contributed by atoms with Crippen LogP contribution in [0.1, 0.15) is 22.3 Å². The van der Waals surface area contributed by atoms with Crippen LogP contribution in [-0.2, 0) is 10.9 Å². The lowest BCUT2D eigenvalue weighted by Gasteiger charge is -2.27. The van der Waals surface area contributed by atoms with E-state index in [0.717, 1.165) is 36.5 Å². The van der Waals surface area contributed by atoms with Crippen molar-refractivity contribution >= 4 is 32.6 Å². The number of morpholine rings is 1. The summed E-state index contributed by atoms with van der Waals surface area (Å²) in [6.07, 6.45) is -3.75. The van der Waals surface area contributed by atoms with Gasteiger partial charge >= 0.3 is 6.18 Å². The number of amides is 1. The Hall–Kier alpha value is -2.69. The number of rotatable bonds is 7. The molecule has 1 amide bonds. The fraction of sp³-hybridized carbons (Fsp3) is 0.391. The van der Waals surface area contributed by atoms with Gasteiger partial charge in [0.25, 0.3) is 5.91 Å². The standard InChI is InChI=1S/C23H24F3N3O3S/c1-31-18-7-8-20-19(15-18)27-22(33-20)29(10-2-9-28-11-13-32-14-12-28)21(30)16-3-5-17(6-4-16)23(24,25)26/h3-8,15H,2,9-14H2,1H3. The number of halogens is 3. The molecule has 0 saturated carbocycles. The molecule has 2 aromatic carbocycles. The average Bonchev–Trinajstić information content (AvgIpc) is 3.24. The van der Waals surface area contributed by atoms with Crippen molar-refractivity contribution in [1.82, 2.24) is 9.88 Å². The third kappa shape index (κ3) is 5.63. The number of nitrogens with zero attached hydrogens (tertiary/aromatic N) is 3. The quantitative estimate of drug-likeness (QED) is 0.492. The number of benzene rings is 2. The van der Waals surface area contributed by atoms with Crippen molar-refractivity contribution in [3.8, 4) is 5.75 Å². The molecule has 0 atom stereocenters. The molecule has 10 heteroatoms. The second-order valence-electron chi connectivity index (χ2n) is 7.67. The first-order valence-electron chi connectivity index (χ1n) is 10.6. The minimum absolute atomic E-state index is 0.186. The number of ether oxygens (including phenoxy) is 2. The Morgan fingerprint density at radius 3 is 2.58 bits per heavy atom. The lowest BCUT2D eigenvalue weighted by molar-refractivity contribution is -0.137. The summed E-state index contributed by atoms with van der Waals surface area (Å²) in [7, 11) is 1.57. The van der Waals surface area contributed by atoms with Crippen molar-refractivity contribution in [3.63, 3.8) is 0 Å². The van der Waals surface area contributed by atoms with Crippen LogP contribution in [0.3, 0.4) is 0 Å². The molecule has 4 rings (SSSR count). The zero-order valence-electron chi connectivity index (χ0n) is 18.1. The second-order valence-corrected chi connectivity index (χ2v) is 8.68. The van der Waals surface area contributed by atoms with Gasteiger partial charge in [-0.1, -0.05) is 11.3 Å². The maximum atomic E-state index is 13.3. The van der Waals surface area contributed by atoms with Gasteiger partial charge in [0.15, 0.2) is 5.13 Å². The van der Waals surface area contributed by atoms with Crippen LogP contribution in [0, 0.1) is 0 Å². The fourth-order valence-electron chi connectivity index (χ4n) is 3.66. The van der Waals surface area contributed by atoms with Crippen LogP contribution in [0.25, 0.3) is 10.2 Å². The normalized spacial score (nSPS) is 15.0. The van der Waals surface area contributed by atoms with Crippen molar-refractivity contribution in [2.75, 3.05) is 51.4 Å². The van der Waals surface area contributed by atoms with Crippen LogP contribution in [0.4, 0.5) is 18.3 Å². The Morgan fingerprint density at radius 2 is 1.91 bits per heavy atom. The van der Waals surface area contributed by atoms with Crippen molar-refractivity contribution in [2.45, 2.75) is 12.6 Å². The van der Waals surface area contributed by atoms with Gasteiger partial charge in [0.2, 0.25) is 0 Å². The number of anilines is 1. The number of hydrogen-bond acceptors (Lipinski definition) is 6. The minimum Gasteiger partial charge on any atom is -0.497 e. The predicted octanol–water partition coefficient (Wildman–Crippen LogP) is 4.69. The van der Waals surface area contributed by atoms with Crippen molar-refractivity contribution < 1.29 is 27.4 Å². The third-order valence-electron chi connectivity index (χ3n) is 5.48. The molecule has 0 radical (unpaired) electrons. The lowest BCUT2D eigenvalue weighted by atomic mass is 10.1. The van der Waals surface area contributed by atoms with Crippen LogP contribution in [0.15, 0.2) is 42.5 Å². The van der Waals surface area contributed by atoms with Crippen LogP contribution >= 0.6 is 11.3 Å². The second kappa shape index (κ2) is 10.1. The van der Waals surface area contributed by atoms with E-state index in [2.05, 4.69) is 9.88 Å². The molecule has 2 heterocycles. The summed E-state index contributed by atoms with van der Waals surface area (Å²) in [6.45, 7) is 4.25. The summed E-state index contributed by atoms with van der Waals surface area (Å²) in [5.74, 6) is 0.281. The molecule has 1 aromatic heterocycles.